The predicted molar refractivity (Wildman–Crippen MR) is 111 cm³/mol. The highest BCUT2D eigenvalue weighted by Gasteiger charge is 2.33. The number of anilines is 1. The third-order valence-electron chi connectivity index (χ3n) is 5.32. The second-order valence-electron chi connectivity index (χ2n) is 7.47. The van der Waals surface area contributed by atoms with Gasteiger partial charge in [0.25, 0.3) is 0 Å². The molecule has 3 heterocycles. The molecular formula is C20H22N4O5S. The van der Waals surface area contributed by atoms with Crippen molar-refractivity contribution in [2.45, 2.75) is 24.7 Å². The largest absolute Gasteiger partial charge is 0.419 e. The minimum Gasteiger partial charge on any atom is -0.408 e. The fraction of sp³-hybridized carbons (Fsp3) is 0.350. The lowest BCUT2D eigenvalue weighted by molar-refractivity contribution is -0.120. The van der Waals surface area contributed by atoms with E-state index in [1.54, 1.807) is 25.4 Å². The topological polar surface area (TPSA) is 115 Å². The lowest BCUT2D eigenvalue weighted by Gasteiger charge is -2.31. The van der Waals surface area contributed by atoms with Gasteiger partial charge in [-0.1, -0.05) is 0 Å². The highest BCUT2D eigenvalue weighted by atomic mass is 32.2. The van der Waals surface area contributed by atoms with Crippen LogP contribution in [0, 0.1) is 12.8 Å². The van der Waals surface area contributed by atoms with Crippen LogP contribution in [0.4, 0.5) is 5.82 Å². The van der Waals surface area contributed by atoms with Gasteiger partial charge in [0.15, 0.2) is 5.58 Å². The number of amides is 1. The van der Waals surface area contributed by atoms with E-state index in [2.05, 4.69) is 10.3 Å². The van der Waals surface area contributed by atoms with Crippen LogP contribution in [0.15, 0.2) is 50.6 Å². The maximum atomic E-state index is 13.1. The van der Waals surface area contributed by atoms with E-state index in [1.165, 1.54) is 21.0 Å². The second-order valence-corrected chi connectivity index (χ2v) is 9.40. The molecule has 4 rings (SSSR count). The smallest absolute Gasteiger partial charge is 0.408 e. The molecule has 1 unspecified atom stereocenters. The van der Waals surface area contributed by atoms with Gasteiger partial charge in [0.05, 0.1) is 16.3 Å². The van der Waals surface area contributed by atoms with Crippen molar-refractivity contribution in [2.24, 2.45) is 13.0 Å². The van der Waals surface area contributed by atoms with Crippen LogP contribution in [-0.2, 0) is 21.9 Å². The number of piperidine rings is 1. The molecule has 0 radical (unpaired) electrons. The third kappa shape index (κ3) is 3.75. The molecule has 0 bridgehead atoms. The van der Waals surface area contributed by atoms with Crippen LogP contribution in [0.25, 0.3) is 11.1 Å². The number of rotatable bonds is 4. The van der Waals surface area contributed by atoms with Gasteiger partial charge in [-0.05, 0) is 49.6 Å². The Hall–Kier alpha value is -2.98. The molecular weight excluding hydrogens is 408 g/mol. The molecule has 3 aromatic rings. The van der Waals surface area contributed by atoms with Gasteiger partial charge in [0.1, 0.15) is 5.82 Å². The first-order valence-electron chi connectivity index (χ1n) is 9.59. The molecule has 1 aromatic carbocycles. The highest BCUT2D eigenvalue weighted by Crippen LogP contribution is 2.26. The number of hydrogen-bond donors (Lipinski definition) is 1. The lowest BCUT2D eigenvalue weighted by atomic mass is 9.99. The van der Waals surface area contributed by atoms with E-state index in [-0.39, 0.29) is 22.9 Å². The van der Waals surface area contributed by atoms with Gasteiger partial charge in [-0.15, -0.1) is 0 Å². The standard InChI is InChI=1S/C20H22N4O5S/c1-13-7-8-21-18(10-13)22-19(25)14-4-3-9-24(12-14)30(27,28)15-5-6-16-17(11-15)29-20(26)23(16)2/h5-8,10-11,14H,3-4,9,12H2,1-2H3,(H,21,22,25). The van der Waals surface area contributed by atoms with Crippen molar-refractivity contribution in [1.29, 1.82) is 0 Å². The van der Waals surface area contributed by atoms with Crippen LogP contribution in [0.1, 0.15) is 18.4 Å². The van der Waals surface area contributed by atoms with Gasteiger partial charge in [0.2, 0.25) is 15.9 Å². The SMILES string of the molecule is Cc1ccnc(NC(=O)C2CCCN(S(=O)(=O)c3ccc4c(c3)oc(=O)n4C)C2)c1. The maximum Gasteiger partial charge on any atom is 0.419 e. The first kappa shape index (κ1) is 20.3. The zero-order valence-corrected chi connectivity index (χ0v) is 17.5. The number of aromatic nitrogens is 2. The van der Waals surface area contributed by atoms with Gasteiger partial charge >= 0.3 is 5.76 Å². The van der Waals surface area contributed by atoms with Crippen LogP contribution >= 0.6 is 0 Å². The van der Waals surface area contributed by atoms with E-state index < -0.39 is 21.7 Å². The molecule has 10 heteroatoms. The van der Waals surface area contributed by atoms with Crippen molar-refractivity contribution in [3.05, 3.63) is 52.6 Å². The number of hydrogen-bond acceptors (Lipinski definition) is 6. The molecule has 0 spiro atoms. The van der Waals surface area contributed by atoms with E-state index in [4.69, 9.17) is 4.42 Å². The number of nitrogens with zero attached hydrogens (tertiary/aromatic N) is 3. The molecule has 9 nitrogen and oxygen atoms in total. The quantitative estimate of drug-likeness (QED) is 0.676. The molecule has 1 N–H and O–H groups in total. The minimum atomic E-state index is -3.84. The summed E-state index contributed by atoms with van der Waals surface area (Å²) in [6, 6.07) is 7.94. The number of nitrogens with one attached hydrogen (secondary N) is 1. The highest BCUT2D eigenvalue weighted by molar-refractivity contribution is 7.89. The molecule has 1 amide bonds. The normalized spacial score (nSPS) is 17.9. The average Bonchev–Trinajstić information content (AvgIpc) is 3.01. The Balaban J connectivity index is 1.54. The number of pyridine rings is 1. The van der Waals surface area contributed by atoms with Crippen molar-refractivity contribution >= 4 is 32.8 Å². The number of oxazole rings is 1. The van der Waals surface area contributed by atoms with Crippen molar-refractivity contribution < 1.29 is 17.6 Å². The molecule has 1 aliphatic heterocycles. The van der Waals surface area contributed by atoms with Gasteiger partial charge < -0.3 is 9.73 Å². The van der Waals surface area contributed by atoms with Gasteiger partial charge in [-0.2, -0.15) is 4.31 Å². The number of carbonyl (C=O) groups is 1. The fourth-order valence-electron chi connectivity index (χ4n) is 3.63. The number of carbonyl (C=O) groups excluding carboxylic acids is 1. The molecule has 1 fully saturated rings. The summed E-state index contributed by atoms with van der Waals surface area (Å²) in [5.41, 5.74) is 1.69. The van der Waals surface area contributed by atoms with Crippen LogP contribution in [0.3, 0.4) is 0 Å². The Labute approximate surface area is 173 Å². The Morgan fingerprint density at radius 2 is 2.07 bits per heavy atom. The Morgan fingerprint density at radius 1 is 1.27 bits per heavy atom. The zero-order valence-electron chi connectivity index (χ0n) is 16.7. The average molecular weight is 430 g/mol. The molecule has 1 atom stereocenters. The van der Waals surface area contributed by atoms with Crippen LogP contribution in [0.5, 0.6) is 0 Å². The Kier molecular flexibility index (Phi) is 5.20. The fourth-order valence-corrected chi connectivity index (χ4v) is 5.17. The van der Waals surface area contributed by atoms with E-state index in [1.807, 2.05) is 13.0 Å². The summed E-state index contributed by atoms with van der Waals surface area (Å²) in [4.78, 5) is 28.5. The van der Waals surface area contributed by atoms with Crippen LogP contribution in [0.2, 0.25) is 0 Å². The Morgan fingerprint density at radius 3 is 2.83 bits per heavy atom. The summed E-state index contributed by atoms with van der Waals surface area (Å²) in [5.74, 6) is -0.838. The minimum absolute atomic E-state index is 0.0331. The van der Waals surface area contributed by atoms with Crippen molar-refractivity contribution in [3.63, 3.8) is 0 Å². The molecule has 0 saturated carbocycles. The summed E-state index contributed by atoms with van der Waals surface area (Å²) in [7, 11) is -2.28. The zero-order chi connectivity index (χ0) is 21.5. The molecule has 0 aliphatic carbocycles. The molecule has 2 aromatic heterocycles. The van der Waals surface area contributed by atoms with Gasteiger partial charge in [0, 0.05) is 32.4 Å². The Bertz CT molecular complexity index is 1280. The number of fused-ring (bicyclic) bond motifs is 1. The monoisotopic (exact) mass is 430 g/mol. The summed E-state index contributed by atoms with van der Waals surface area (Å²) < 4.78 is 34.0. The summed E-state index contributed by atoms with van der Waals surface area (Å²) in [6.07, 6.45) is 2.78. The van der Waals surface area contributed by atoms with Gasteiger partial charge in [-0.25, -0.2) is 18.2 Å². The van der Waals surface area contributed by atoms with Crippen LogP contribution in [-0.4, -0.2) is 41.3 Å². The predicted octanol–water partition coefficient (Wildman–Crippen LogP) is 1.87. The second kappa shape index (κ2) is 7.69. The van der Waals surface area contributed by atoms with Crippen LogP contribution < -0.4 is 11.1 Å². The first-order chi connectivity index (χ1) is 14.3. The van der Waals surface area contributed by atoms with Crippen molar-refractivity contribution in [2.75, 3.05) is 18.4 Å². The van der Waals surface area contributed by atoms with E-state index in [0.717, 1.165) is 5.56 Å². The van der Waals surface area contributed by atoms with Gasteiger partial charge in [-0.3, -0.25) is 9.36 Å². The number of sulfonamides is 1. The molecule has 1 saturated heterocycles. The summed E-state index contributed by atoms with van der Waals surface area (Å²) >= 11 is 0. The molecule has 158 valence electrons. The number of aryl methyl sites for hydroxylation is 2. The van der Waals surface area contributed by atoms with E-state index in [9.17, 15) is 18.0 Å². The first-order valence-corrected chi connectivity index (χ1v) is 11.0. The summed E-state index contributed by atoms with van der Waals surface area (Å²) in [5, 5.41) is 2.77. The van der Waals surface area contributed by atoms with Crippen molar-refractivity contribution in [3.8, 4) is 0 Å². The lowest BCUT2D eigenvalue weighted by Crippen LogP contribution is -2.43. The maximum absolute atomic E-state index is 13.1. The van der Waals surface area contributed by atoms with E-state index in [0.29, 0.717) is 30.7 Å². The molecule has 30 heavy (non-hydrogen) atoms. The third-order valence-corrected chi connectivity index (χ3v) is 7.18. The van der Waals surface area contributed by atoms with Crippen molar-refractivity contribution in [1.82, 2.24) is 13.9 Å². The summed E-state index contributed by atoms with van der Waals surface area (Å²) in [6.45, 7) is 2.31. The van der Waals surface area contributed by atoms with E-state index >= 15 is 0 Å². The molecule has 1 aliphatic rings. The number of benzene rings is 1.